The van der Waals surface area contributed by atoms with Crippen molar-refractivity contribution in [2.45, 2.75) is 37.3 Å². The average Bonchev–Trinajstić information content (AvgIpc) is 3.30. The van der Waals surface area contributed by atoms with Crippen molar-refractivity contribution in [2.24, 2.45) is 0 Å². The molecule has 2 aromatic carbocycles. The highest BCUT2D eigenvalue weighted by Crippen LogP contribution is 2.29. The smallest absolute Gasteiger partial charge is 0.0670 e. The largest absolute Gasteiger partial charge is 0.382 e. The first-order valence-corrected chi connectivity index (χ1v) is 12.8. The highest BCUT2D eigenvalue weighted by molar-refractivity contribution is 9.10. The molecule has 2 aliphatic rings. The van der Waals surface area contributed by atoms with Gasteiger partial charge in [-0.3, -0.25) is 0 Å². The third kappa shape index (κ3) is 6.64. The number of benzene rings is 2. The zero-order chi connectivity index (χ0) is 24.6. The van der Waals surface area contributed by atoms with E-state index in [0.29, 0.717) is 24.2 Å². The summed E-state index contributed by atoms with van der Waals surface area (Å²) in [4.78, 5) is 0. The molecule has 3 atom stereocenters. The number of hydrogen-bond acceptors (Lipinski definition) is 4. The minimum Gasteiger partial charge on any atom is -0.382 e. The second-order valence-corrected chi connectivity index (χ2v) is 9.96. The van der Waals surface area contributed by atoms with E-state index in [1.54, 1.807) is 0 Å². The maximum Gasteiger partial charge on any atom is 0.0670 e. The Morgan fingerprint density at radius 2 is 2.03 bits per heavy atom. The molecular weight excluding hydrogens is 496 g/mol. The number of allylic oxidation sites excluding steroid dienone is 6. The van der Waals surface area contributed by atoms with Crippen LogP contribution in [-0.4, -0.2) is 24.8 Å². The third-order valence-electron chi connectivity index (χ3n) is 6.54. The molecule has 4 N–H and O–H groups in total. The predicted octanol–water partition coefficient (Wildman–Crippen LogP) is 6.63. The van der Waals surface area contributed by atoms with Gasteiger partial charge in [-0.15, -0.1) is 0 Å². The monoisotopic (exact) mass is 528 g/mol. The van der Waals surface area contributed by atoms with Gasteiger partial charge in [-0.1, -0.05) is 83.7 Å². The topological polar surface area (TPSA) is 59.9 Å². The number of hydrogen-bond donors (Lipinski definition) is 4. The Labute approximate surface area is 217 Å². The molecular formula is C30H33BrN4. The Morgan fingerprint density at radius 3 is 2.71 bits per heavy atom. The molecule has 2 aromatic rings. The summed E-state index contributed by atoms with van der Waals surface area (Å²) < 4.78 is 1.03. The Morgan fingerprint density at radius 1 is 1.20 bits per heavy atom. The van der Waals surface area contributed by atoms with Crippen LogP contribution in [-0.2, 0) is 6.42 Å². The summed E-state index contributed by atoms with van der Waals surface area (Å²) in [5.74, 6) is 0.479. The van der Waals surface area contributed by atoms with Gasteiger partial charge in [0.1, 0.15) is 0 Å². The Hall–Kier alpha value is -3.31. The van der Waals surface area contributed by atoms with E-state index >= 15 is 0 Å². The van der Waals surface area contributed by atoms with Crippen LogP contribution in [0.1, 0.15) is 29.9 Å². The molecule has 4 rings (SSSR count). The molecule has 1 aliphatic heterocycles. The zero-order valence-corrected chi connectivity index (χ0v) is 21.5. The van der Waals surface area contributed by atoms with E-state index in [1.165, 1.54) is 22.9 Å². The van der Waals surface area contributed by atoms with Gasteiger partial charge in [-0.2, -0.15) is 0 Å². The molecule has 1 aliphatic carbocycles. The molecule has 0 radical (unpaired) electrons. The lowest BCUT2D eigenvalue weighted by atomic mass is 9.91. The Balaban J connectivity index is 1.46. The van der Waals surface area contributed by atoms with Gasteiger partial charge in [-0.25, -0.2) is 0 Å². The first kappa shape index (κ1) is 24.8. The summed E-state index contributed by atoms with van der Waals surface area (Å²) in [6, 6.07) is 17.6. The van der Waals surface area contributed by atoms with E-state index in [1.807, 2.05) is 18.2 Å². The summed E-state index contributed by atoms with van der Waals surface area (Å²) in [6.07, 6.45) is 14.9. The molecule has 4 nitrogen and oxygen atoms in total. The molecule has 0 aromatic heterocycles. The van der Waals surface area contributed by atoms with E-state index in [9.17, 15) is 0 Å². The van der Waals surface area contributed by atoms with Crippen molar-refractivity contribution in [2.75, 3.05) is 11.9 Å². The second kappa shape index (κ2) is 11.9. The zero-order valence-electron chi connectivity index (χ0n) is 19.9. The van der Waals surface area contributed by atoms with Gasteiger partial charge in [0.15, 0.2) is 0 Å². The lowest BCUT2D eigenvalue weighted by Crippen LogP contribution is -2.34. The van der Waals surface area contributed by atoms with Gasteiger partial charge in [0.05, 0.1) is 6.04 Å². The van der Waals surface area contributed by atoms with Crippen LogP contribution in [0.3, 0.4) is 0 Å². The van der Waals surface area contributed by atoms with Crippen LogP contribution in [0.25, 0.3) is 0 Å². The van der Waals surface area contributed by atoms with Crippen LogP contribution >= 0.6 is 15.9 Å². The maximum absolute atomic E-state index is 7.46. The van der Waals surface area contributed by atoms with Gasteiger partial charge in [0, 0.05) is 46.3 Å². The van der Waals surface area contributed by atoms with E-state index in [0.717, 1.165) is 35.1 Å². The van der Waals surface area contributed by atoms with Crippen LogP contribution in [0.2, 0.25) is 0 Å². The first-order valence-electron chi connectivity index (χ1n) is 12.0. The Kier molecular flexibility index (Phi) is 8.43. The molecule has 0 amide bonds. The average molecular weight is 530 g/mol. The molecule has 0 saturated carbocycles. The van der Waals surface area contributed by atoms with Crippen LogP contribution in [0.15, 0.2) is 114 Å². The molecule has 1 heterocycles. The minimum absolute atomic E-state index is 0.0278. The summed E-state index contributed by atoms with van der Waals surface area (Å²) >= 11 is 3.56. The van der Waals surface area contributed by atoms with Crippen molar-refractivity contribution in [1.82, 2.24) is 10.6 Å². The fourth-order valence-electron chi connectivity index (χ4n) is 4.72. The molecule has 3 unspecified atom stereocenters. The van der Waals surface area contributed by atoms with E-state index in [-0.39, 0.29) is 6.04 Å². The molecule has 35 heavy (non-hydrogen) atoms. The van der Waals surface area contributed by atoms with E-state index in [4.69, 9.17) is 5.41 Å². The second-order valence-electron chi connectivity index (χ2n) is 9.05. The standard InChI is InChI=1S/C30H33BrN4/c1-3-29-28(30(20-33-21(2)19-32)34-26-11-7-10-25(31)17-26)18-27(35-29)16-22-12-14-24(15-13-22)23-8-5-4-6-9-23/h3-8,10-15,17,19,23,27,30,32-35H,1-2,9,16,18,20H2. The summed E-state index contributed by atoms with van der Waals surface area (Å²) in [5, 5.41) is 18.1. The number of nitrogens with one attached hydrogen (secondary N) is 4. The summed E-state index contributed by atoms with van der Waals surface area (Å²) in [6.45, 7) is 8.59. The predicted molar refractivity (Wildman–Crippen MR) is 152 cm³/mol. The van der Waals surface area contributed by atoms with Gasteiger partial charge in [0.2, 0.25) is 0 Å². The molecule has 0 spiro atoms. The van der Waals surface area contributed by atoms with E-state index < -0.39 is 0 Å². The van der Waals surface area contributed by atoms with Gasteiger partial charge in [0.25, 0.3) is 0 Å². The summed E-state index contributed by atoms with van der Waals surface area (Å²) in [7, 11) is 0. The minimum atomic E-state index is 0.0278. The van der Waals surface area contributed by atoms with Crippen LogP contribution in [0.4, 0.5) is 5.69 Å². The highest BCUT2D eigenvalue weighted by atomic mass is 79.9. The van der Waals surface area contributed by atoms with Crippen molar-refractivity contribution in [3.05, 3.63) is 125 Å². The number of rotatable bonds is 11. The number of halogens is 1. The number of anilines is 1. The van der Waals surface area contributed by atoms with Crippen molar-refractivity contribution in [1.29, 1.82) is 5.41 Å². The Bertz CT molecular complexity index is 1160. The molecule has 5 heteroatoms. The molecule has 0 fully saturated rings. The van der Waals surface area contributed by atoms with Crippen LogP contribution in [0, 0.1) is 5.41 Å². The molecule has 180 valence electrons. The molecule has 0 saturated heterocycles. The van der Waals surface area contributed by atoms with Gasteiger partial charge in [-0.05, 0) is 60.2 Å². The third-order valence-corrected chi connectivity index (χ3v) is 7.03. The van der Waals surface area contributed by atoms with Gasteiger partial charge >= 0.3 is 0 Å². The van der Waals surface area contributed by atoms with Crippen molar-refractivity contribution in [3.8, 4) is 0 Å². The van der Waals surface area contributed by atoms with Crippen molar-refractivity contribution < 1.29 is 0 Å². The quantitative estimate of drug-likeness (QED) is 0.247. The fraction of sp³-hybridized carbons (Fsp3) is 0.233. The normalized spacial score (nSPS) is 19.7. The molecule has 0 bridgehead atoms. The van der Waals surface area contributed by atoms with E-state index in [2.05, 4.69) is 106 Å². The SMILES string of the molecule is C=CC1=C(C(CNC(=C)C=N)Nc2cccc(Br)c2)CC(Cc2ccc(C3C=CC=CC3)cc2)N1. The van der Waals surface area contributed by atoms with Crippen LogP contribution < -0.4 is 16.0 Å². The first-order chi connectivity index (χ1) is 17.1. The van der Waals surface area contributed by atoms with Crippen LogP contribution in [0.5, 0.6) is 0 Å². The fourth-order valence-corrected chi connectivity index (χ4v) is 5.12. The lowest BCUT2D eigenvalue weighted by Gasteiger charge is -2.23. The summed E-state index contributed by atoms with van der Waals surface area (Å²) in [5.41, 5.74) is 6.70. The lowest BCUT2D eigenvalue weighted by molar-refractivity contribution is 0.598. The van der Waals surface area contributed by atoms with Gasteiger partial charge < -0.3 is 21.4 Å². The highest BCUT2D eigenvalue weighted by Gasteiger charge is 2.28. The van der Waals surface area contributed by atoms with Crippen molar-refractivity contribution >= 4 is 27.8 Å². The van der Waals surface area contributed by atoms with Crippen molar-refractivity contribution in [3.63, 3.8) is 0 Å². The maximum atomic E-state index is 7.46.